The second-order valence-electron chi connectivity index (χ2n) is 9.47. The minimum Gasteiger partial charge on any atom is -0.475 e. The molecule has 0 spiro atoms. The van der Waals surface area contributed by atoms with Crippen LogP contribution in [-0.4, -0.2) is 65.7 Å². The number of halogens is 3. The topological polar surface area (TPSA) is 123 Å². The third-order valence-corrected chi connectivity index (χ3v) is 6.59. The minimum atomic E-state index is -5.08. The van der Waals surface area contributed by atoms with Gasteiger partial charge in [0.1, 0.15) is 6.04 Å². The molecule has 0 saturated carbocycles. The molecule has 2 aromatic rings. The summed E-state index contributed by atoms with van der Waals surface area (Å²) in [6.07, 6.45) is 0.514. The number of carboxylic acids is 1. The SMILES string of the molecule is N#C[C@H](Cc1ccc(-c2ccc(C(=O)N3CCCC3)cc2)cc1)NC(=O)[C@@H]1CCCCN1.O=C(O)C(F)(F)F. The summed E-state index contributed by atoms with van der Waals surface area (Å²) in [5, 5.41) is 22.7. The Hall–Kier alpha value is -3.91. The Balaban J connectivity index is 0.000000532. The molecule has 8 nitrogen and oxygen atoms in total. The van der Waals surface area contributed by atoms with Gasteiger partial charge in [-0.05, 0) is 61.1 Å². The van der Waals surface area contributed by atoms with Gasteiger partial charge >= 0.3 is 12.1 Å². The van der Waals surface area contributed by atoms with E-state index >= 15 is 0 Å². The molecule has 0 aromatic heterocycles. The van der Waals surface area contributed by atoms with Crippen LogP contribution in [0.4, 0.5) is 13.2 Å². The van der Waals surface area contributed by atoms with Crippen LogP contribution in [0.15, 0.2) is 48.5 Å². The van der Waals surface area contributed by atoms with Gasteiger partial charge in [-0.2, -0.15) is 18.4 Å². The molecule has 2 aliphatic rings. The molecule has 2 amide bonds. The summed E-state index contributed by atoms with van der Waals surface area (Å²) in [5.41, 5.74) is 3.83. The summed E-state index contributed by atoms with van der Waals surface area (Å²) < 4.78 is 31.7. The molecule has 2 atom stereocenters. The number of benzene rings is 2. The van der Waals surface area contributed by atoms with Crippen LogP contribution < -0.4 is 10.6 Å². The number of nitrogens with zero attached hydrogens (tertiary/aromatic N) is 2. The van der Waals surface area contributed by atoms with Crippen LogP contribution in [0.5, 0.6) is 0 Å². The van der Waals surface area contributed by atoms with Crippen LogP contribution in [-0.2, 0) is 16.0 Å². The van der Waals surface area contributed by atoms with Crippen LogP contribution in [0.2, 0.25) is 0 Å². The molecule has 0 unspecified atom stereocenters. The summed E-state index contributed by atoms with van der Waals surface area (Å²) in [5.74, 6) is -2.73. The van der Waals surface area contributed by atoms with Gasteiger partial charge in [-0.25, -0.2) is 4.79 Å². The van der Waals surface area contributed by atoms with Gasteiger partial charge in [0.2, 0.25) is 5.91 Å². The van der Waals surface area contributed by atoms with Crippen molar-refractivity contribution in [2.45, 2.75) is 56.8 Å². The summed E-state index contributed by atoms with van der Waals surface area (Å²) >= 11 is 0. The molecule has 2 heterocycles. The van der Waals surface area contributed by atoms with Gasteiger partial charge in [0, 0.05) is 25.1 Å². The Kier molecular flexibility index (Phi) is 10.5. The number of piperidine rings is 1. The molecule has 4 rings (SSSR count). The molecule has 2 saturated heterocycles. The van der Waals surface area contributed by atoms with Gasteiger partial charge in [0.15, 0.2) is 0 Å². The molecule has 2 aliphatic heterocycles. The molecule has 2 fully saturated rings. The second-order valence-corrected chi connectivity index (χ2v) is 9.47. The standard InChI is InChI=1S/C26H30N4O2.C2HF3O2/c27-18-23(29-25(31)24-5-1-2-14-28-24)17-19-6-8-20(9-7-19)21-10-12-22(13-11-21)26(32)30-15-3-4-16-30;3-2(4,5)1(6)7/h6-13,23-24,28H,1-5,14-17H2,(H,29,31);(H,6,7)/t23-,24-;/m0./s1. The maximum Gasteiger partial charge on any atom is 0.490 e. The van der Waals surface area contributed by atoms with E-state index in [9.17, 15) is 28.0 Å². The lowest BCUT2D eigenvalue weighted by Crippen LogP contribution is -2.49. The number of rotatable bonds is 6. The van der Waals surface area contributed by atoms with Crippen LogP contribution >= 0.6 is 0 Å². The zero-order valence-electron chi connectivity index (χ0n) is 21.3. The molecule has 0 radical (unpaired) electrons. The predicted octanol–water partition coefficient (Wildman–Crippen LogP) is 3.92. The van der Waals surface area contributed by atoms with Crippen molar-refractivity contribution < 1.29 is 32.7 Å². The smallest absolute Gasteiger partial charge is 0.475 e. The third-order valence-electron chi connectivity index (χ3n) is 6.59. The fourth-order valence-corrected chi connectivity index (χ4v) is 4.45. The van der Waals surface area contributed by atoms with Crippen molar-refractivity contribution in [2.24, 2.45) is 0 Å². The Labute approximate surface area is 224 Å². The number of nitrogens with one attached hydrogen (secondary N) is 2. The average molecular weight is 545 g/mol. The van der Waals surface area contributed by atoms with Gasteiger partial charge in [-0.15, -0.1) is 0 Å². The number of carbonyl (C=O) groups is 3. The first-order valence-electron chi connectivity index (χ1n) is 12.8. The van der Waals surface area contributed by atoms with Crippen molar-refractivity contribution in [2.75, 3.05) is 19.6 Å². The van der Waals surface area contributed by atoms with Crippen LogP contribution in [0.3, 0.4) is 0 Å². The van der Waals surface area contributed by atoms with Gasteiger partial charge in [-0.3, -0.25) is 9.59 Å². The predicted molar refractivity (Wildman–Crippen MR) is 138 cm³/mol. The maximum absolute atomic E-state index is 12.5. The number of hydrogen-bond acceptors (Lipinski definition) is 5. The van der Waals surface area contributed by atoms with Crippen molar-refractivity contribution >= 4 is 17.8 Å². The van der Waals surface area contributed by atoms with E-state index in [0.29, 0.717) is 6.42 Å². The van der Waals surface area contributed by atoms with Crippen LogP contribution in [0.1, 0.15) is 48.0 Å². The van der Waals surface area contributed by atoms with Crippen molar-refractivity contribution in [1.29, 1.82) is 5.26 Å². The molecule has 39 heavy (non-hydrogen) atoms. The lowest BCUT2D eigenvalue weighted by molar-refractivity contribution is -0.192. The van der Waals surface area contributed by atoms with Gasteiger partial charge in [0.05, 0.1) is 12.1 Å². The minimum absolute atomic E-state index is 0.0866. The number of carbonyl (C=O) groups excluding carboxylic acids is 2. The summed E-state index contributed by atoms with van der Waals surface area (Å²) in [6, 6.07) is 17.2. The number of likely N-dealkylation sites (tertiary alicyclic amines) is 1. The number of alkyl halides is 3. The van der Waals surface area contributed by atoms with Crippen molar-refractivity contribution in [3.05, 3.63) is 59.7 Å². The third kappa shape index (κ3) is 8.82. The Morgan fingerprint density at radius 2 is 1.56 bits per heavy atom. The quantitative estimate of drug-likeness (QED) is 0.507. The number of hydrogen-bond donors (Lipinski definition) is 3. The Morgan fingerprint density at radius 1 is 1.00 bits per heavy atom. The number of carboxylic acid groups (broad SMARTS) is 1. The number of aliphatic carboxylic acids is 1. The molecule has 2 aromatic carbocycles. The van der Waals surface area contributed by atoms with Gasteiger partial charge in [0.25, 0.3) is 5.91 Å². The number of nitriles is 1. The molecule has 3 N–H and O–H groups in total. The zero-order valence-corrected chi connectivity index (χ0v) is 21.3. The highest BCUT2D eigenvalue weighted by Crippen LogP contribution is 2.22. The highest BCUT2D eigenvalue weighted by atomic mass is 19.4. The van der Waals surface area contributed by atoms with E-state index < -0.39 is 18.2 Å². The first-order valence-corrected chi connectivity index (χ1v) is 12.8. The van der Waals surface area contributed by atoms with Crippen molar-refractivity contribution in [3.63, 3.8) is 0 Å². The average Bonchev–Trinajstić information content (AvgIpc) is 3.48. The monoisotopic (exact) mass is 544 g/mol. The molecule has 0 aliphatic carbocycles. The summed E-state index contributed by atoms with van der Waals surface area (Å²) in [6.45, 7) is 2.55. The zero-order chi connectivity index (χ0) is 28.4. The van der Waals surface area contributed by atoms with Crippen molar-refractivity contribution in [3.8, 4) is 17.2 Å². The summed E-state index contributed by atoms with van der Waals surface area (Å²) in [7, 11) is 0. The largest absolute Gasteiger partial charge is 0.490 e. The lowest BCUT2D eigenvalue weighted by Gasteiger charge is -2.23. The second kappa shape index (κ2) is 13.8. The van der Waals surface area contributed by atoms with E-state index in [1.54, 1.807) is 0 Å². The Bertz CT molecular complexity index is 1170. The lowest BCUT2D eigenvalue weighted by atomic mass is 9.99. The van der Waals surface area contributed by atoms with Crippen LogP contribution in [0.25, 0.3) is 11.1 Å². The highest BCUT2D eigenvalue weighted by molar-refractivity contribution is 5.94. The molecule has 11 heteroatoms. The fraction of sp³-hybridized carbons (Fsp3) is 0.429. The molecule has 0 bridgehead atoms. The molecule has 208 valence electrons. The Morgan fingerprint density at radius 3 is 2.05 bits per heavy atom. The molecular weight excluding hydrogens is 513 g/mol. The van der Waals surface area contributed by atoms with Gasteiger partial charge in [-0.1, -0.05) is 42.8 Å². The van der Waals surface area contributed by atoms with E-state index in [1.165, 1.54) is 0 Å². The van der Waals surface area contributed by atoms with Gasteiger partial charge < -0.3 is 20.6 Å². The van der Waals surface area contributed by atoms with E-state index in [-0.39, 0.29) is 17.9 Å². The van der Waals surface area contributed by atoms with E-state index in [1.807, 2.05) is 53.4 Å². The van der Waals surface area contributed by atoms with Crippen LogP contribution in [0, 0.1) is 11.3 Å². The number of amides is 2. The van der Waals surface area contributed by atoms with E-state index in [0.717, 1.165) is 74.0 Å². The van der Waals surface area contributed by atoms with E-state index in [4.69, 9.17) is 9.90 Å². The first-order chi connectivity index (χ1) is 18.6. The maximum atomic E-state index is 12.5. The summed E-state index contributed by atoms with van der Waals surface area (Å²) in [4.78, 5) is 35.7. The van der Waals surface area contributed by atoms with Crippen molar-refractivity contribution in [1.82, 2.24) is 15.5 Å². The fourth-order valence-electron chi connectivity index (χ4n) is 4.45. The first kappa shape index (κ1) is 29.6. The van der Waals surface area contributed by atoms with E-state index in [2.05, 4.69) is 16.7 Å². The molecular formula is C28H31F3N4O4. The normalized spacial score (nSPS) is 17.8. The highest BCUT2D eigenvalue weighted by Gasteiger charge is 2.38.